The first-order chi connectivity index (χ1) is 8.38. The Morgan fingerprint density at radius 3 is 2.39 bits per heavy atom. The van der Waals surface area contributed by atoms with E-state index in [9.17, 15) is 17.6 Å². The second kappa shape index (κ2) is 4.91. The smallest absolute Gasteiger partial charge is 0.354 e. The summed E-state index contributed by atoms with van der Waals surface area (Å²) >= 11 is 5.57. The van der Waals surface area contributed by atoms with Gasteiger partial charge in [0.1, 0.15) is 0 Å². The van der Waals surface area contributed by atoms with Gasteiger partial charge in [0.05, 0.1) is 10.9 Å². The molecule has 1 aromatic rings. The van der Waals surface area contributed by atoms with Crippen LogP contribution in [0.4, 0.5) is 23.4 Å². The molecule has 2 rings (SSSR count). The minimum absolute atomic E-state index is 0.0345. The number of anilines is 1. The van der Waals surface area contributed by atoms with Crippen molar-refractivity contribution in [2.75, 3.05) is 18.0 Å². The summed E-state index contributed by atoms with van der Waals surface area (Å²) in [6.07, 6.45) is -2.95. The topological polar surface area (TPSA) is 16.1 Å². The molecule has 0 aliphatic carbocycles. The molecule has 1 saturated heterocycles. The van der Waals surface area contributed by atoms with E-state index in [1.54, 1.807) is 0 Å². The van der Waals surface area contributed by atoms with E-state index in [0.29, 0.717) is 0 Å². The molecule has 0 N–H and O–H groups in total. The molecule has 0 bridgehead atoms. The Hall–Kier alpha value is -1.04. The number of piperidine rings is 1. The average molecular weight is 283 g/mol. The standard InChI is InChI=1S/C11H11ClF4N2/c12-8-5-9(13)10(17-6-8)18-3-1-7(2-4-18)11(14,15)16/h5-7H,1-4H2. The zero-order valence-corrected chi connectivity index (χ0v) is 10.1. The van der Waals surface area contributed by atoms with Crippen molar-refractivity contribution in [3.05, 3.63) is 23.1 Å². The van der Waals surface area contributed by atoms with Crippen LogP contribution >= 0.6 is 11.6 Å². The minimum Gasteiger partial charge on any atom is -0.354 e. The Kier molecular flexibility index (Phi) is 3.66. The lowest BCUT2D eigenvalue weighted by molar-refractivity contribution is -0.179. The molecule has 7 heteroatoms. The van der Waals surface area contributed by atoms with Crippen LogP contribution in [-0.4, -0.2) is 24.2 Å². The van der Waals surface area contributed by atoms with Gasteiger partial charge < -0.3 is 4.90 Å². The quantitative estimate of drug-likeness (QED) is 0.731. The van der Waals surface area contributed by atoms with Crippen LogP contribution in [0.15, 0.2) is 12.3 Å². The van der Waals surface area contributed by atoms with Crippen molar-refractivity contribution in [2.24, 2.45) is 5.92 Å². The van der Waals surface area contributed by atoms with E-state index in [-0.39, 0.29) is 36.8 Å². The number of hydrogen-bond donors (Lipinski definition) is 0. The van der Waals surface area contributed by atoms with Crippen LogP contribution in [0.25, 0.3) is 0 Å². The van der Waals surface area contributed by atoms with Crippen LogP contribution in [-0.2, 0) is 0 Å². The Labute approximate surface area is 107 Å². The lowest BCUT2D eigenvalue weighted by Crippen LogP contribution is -2.39. The van der Waals surface area contributed by atoms with E-state index >= 15 is 0 Å². The maximum atomic E-state index is 13.6. The SMILES string of the molecule is Fc1cc(Cl)cnc1N1CCC(C(F)(F)F)CC1. The average Bonchev–Trinajstić information content (AvgIpc) is 2.28. The molecule has 0 aromatic carbocycles. The van der Waals surface area contributed by atoms with Gasteiger partial charge in [-0.2, -0.15) is 13.2 Å². The summed E-state index contributed by atoms with van der Waals surface area (Å²) < 4.78 is 51.0. The lowest BCUT2D eigenvalue weighted by atomic mass is 9.96. The maximum absolute atomic E-state index is 13.6. The summed E-state index contributed by atoms with van der Waals surface area (Å²) in [4.78, 5) is 5.35. The van der Waals surface area contributed by atoms with Gasteiger partial charge in [-0.25, -0.2) is 9.37 Å². The zero-order valence-electron chi connectivity index (χ0n) is 9.34. The van der Waals surface area contributed by atoms with Crippen molar-refractivity contribution in [1.82, 2.24) is 4.98 Å². The predicted octanol–water partition coefficient (Wildman–Crippen LogP) is 3.65. The molecular formula is C11H11ClF4N2. The van der Waals surface area contributed by atoms with Crippen molar-refractivity contribution < 1.29 is 17.6 Å². The van der Waals surface area contributed by atoms with E-state index in [1.165, 1.54) is 11.1 Å². The molecule has 100 valence electrons. The van der Waals surface area contributed by atoms with Crippen LogP contribution in [0.5, 0.6) is 0 Å². The van der Waals surface area contributed by atoms with E-state index in [2.05, 4.69) is 4.98 Å². The molecule has 0 spiro atoms. The number of alkyl halides is 3. The molecule has 1 fully saturated rings. The van der Waals surface area contributed by atoms with Crippen LogP contribution < -0.4 is 4.90 Å². The van der Waals surface area contributed by atoms with Gasteiger partial charge in [-0.15, -0.1) is 0 Å². The summed E-state index contributed by atoms with van der Waals surface area (Å²) in [5.41, 5.74) is 0. The third-order valence-corrected chi connectivity index (χ3v) is 3.25. The summed E-state index contributed by atoms with van der Waals surface area (Å²) in [6, 6.07) is 1.11. The first-order valence-corrected chi connectivity index (χ1v) is 5.88. The highest BCUT2D eigenvalue weighted by atomic mass is 35.5. The largest absolute Gasteiger partial charge is 0.391 e. The van der Waals surface area contributed by atoms with Crippen molar-refractivity contribution in [2.45, 2.75) is 19.0 Å². The van der Waals surface area contributed by atoms with E-state index < -0.39 is 17.9 Å². The van der Waals surface area contributed by atoms with E-state index in [0.717, 1.165) is 6.07 Å². The number of aromatic nitrogens is 1. The van der Waals surface area contributed by atoms with Crippen LogP contribution in [0, 0.1) is 11.7 Å². The predicted molar refractivity (Wildman–Crippen MR) is 60.2 cm³/mol. The fourth-order valence-corrected chi connectivity index (χ4v) is 2.20. The van der Waals surface area contributed by atoms with Crippen molar-refractivity contribution in [1.29, 1.82) is 0 Å². The highest BCUT2D eigenvalue weighted by Crippen LogP contribution is 2.35. The lowest BCUT2D eigenvalue weighted by Gasteiger charge is -2.33. The van der Waals surface area contributed by atoms with Crippen LogP contribution in [0.2, 0.25) is 5.02 Å². The Morgan fingerprint density at radius 1 is 1.28 bits per heavy atom. The minimum atomic E-state index is -4.17. The Morgan fingerprint density at radius 2 is 1.89 bits per heavy atom. The molecule has 2 heterocycles. The van der Waals surface area contributed by atoms with Gasteiger partial charge in [0.15, 0.2) is 11.6 Å². The summed E-state index contributed by atoms with van der Waals surface area (Å²) in [5, 5.41) is 0.168. The second-order valence-electron chi connectivity index (χ2n) is 4.26. The normalized spacial score (nSPS) is 18.2. The van der Waals surface area contributed by atoms with Gasteiger partial charge in [0.2, 0.25) is 0 Å². The van der Waals surface area contributed by atoms with Gasteiger partial charge in [-0.3, -0.25) is 0 Å². The van der Waals surface area contributed by atoms with Gasteiger partial charge in [0.25, 0.3) is 0 Å². The molecule has 0 atom stereocenters. The monoisotopic (exact) mass is 282 g/mol. The number of hydrogen-bond acceptors (Lipinski definition) is 2. The molecule has 0 saturated carbocycles. The van der Waals surface area contributed by atoms with Gasteiger partial charge in [0, 0.05) is 19.3 Å². The number of rotatable bonds is 1. The van der Waals surface area contributed by atoms with Gasteiger partial charge in [-0.05, 0) is 18.9 Å². The van der Waals surface area contributed by atoms with E-state index in [4.69, 9.17) is 11.6 Å². The molecular weight excluding hydrogens is 272 g/mol. The first-order valence-electron chi connectivity index (χ1n) is 5.50. The van der Waals surface area contributed by atoms with Crippen molar-refractivity contribution in [3.63, 3.8) is 0 Å². The number of nitrogens with zero attached hydrogens (tertiary/aromatic N) is 2. The van der Waals surface area contributed by atoms with Crippen molar-refractivity contribution >= 4 is 17.4 Å². The number of pyridine rings is 1. The third-order valence-electron chi connectivity index (χ3n) is 3.05. The molecule has 1 aromatic heterocycles. The summed E-state index contributed by atoms with van der Waals surface area (Å²) in [5.74, 6) is -1.84. The van der Waals surface area contributed by atoms with Crippen LogP contribution in [0.3, 0.4) is 0 Å². The zero-order chi connectivity index (χ0) is 13.3. The Balaban J connectivity index is 2.06. The second-order valence-corrected chi connectivity index (χ2v) is 4.70. The highest BCUT2D eigenvalue weighted by molar-refractivity contribution is 6.30. The van der Waals surface area contributed by atoms with E-state index in [1.807, 2.05) is 0 Å². The fourth-order valence-electron chi connectivity index (χ4n) is 2.06. The third kappa shape index (κ3) is 2.85. The molecule has 18 heavy (non-hydrogen) atoms. The summed E-state index contributed by atoms with van der Waals surface area (Å²) in [6.45, 7) is 0.297. The highest BCUT2D eigenvalue weighted by Gasteiger charge is 2.41. The molecule has 0 radical (unpaired) electrons. The van der Waals surface area contributed by atoms with Crippen LogP contribution in [0.1, 0.15) is 12.8 Å². The first kappa shape index (κ1) is 13.4. The molecule has 0 amide bonds. The maximum Gasteiger partial charge on any atom is 0.391 e. The molecule has 0 unspecified atom stereocenters. The molecule has 1 aliphatic heterocycles. The molecule has 2 nitrogen and oxygen atoms in total. The van der Waals surface area contributed by atoms with Gasteiger partial charge >= 0.3 is 6.18 Å². The Bertz CT molecular complexity index is 428. The van der Waals surface area contributed by atoms with Crippen molar-refractivity contribution in [3.8, 4) is 0 Å². The number of halogens is 5. The fraction of sp³-hybridized carbons (Fsp3) is 0.545. The van der Waals surface area contributed by atoms with Gasteiger partial charge in [-0.1, -0.05) is 11.6 Å². The molecule has 1 aliphatic rings. The summed E-state index contributed by atoms with van der Waals surface area (Å²) in [7, 11) is 0.